The smallest absolute Gasteiger partial charge is 0.115 e. The Labute approximate surface area is 67.4 Å². The van der Waals surface area contributed by atoms with Gasteiger partial charge in [-0.2, -0.15) is 0 Å². The zero-order valence-corrected chi connectivity index (χ0v) is 6.67. The molecule has 0 aliphatic heterocycles. The van der Waals surface area contributed by atoms with Crippen LogP contribution in [0.15, 0.2) is 24.3 Å². The molecule has 0 aromatic heterocycles. The second kappa shape index (κ2) is 3.50. The van der Waals surface area contributed by atoms with E-state index in [-0.39, 0.29) is 5.75 Å². The summed E-state index contributed by atoms with van der Waals surface area (Å²) in [5, 5.41) is 14.0. The van der Waals surface area contributed by atoms with E-state index in [1.807, 2.05) is 0 Å². The Morgan fingerprint density at radius 2 is 1.91 bits per heavy atom. The fraction of sp³-hybridized carbons (Fsp3) is 0.143. The van der Waals surface area contributed by atoms with Crippen LogP contribution < -0.4 is 5.14 Å². The topological polar surface area (TPSA) is 63.3 Å². The maximum Gasteiger partial charge on any atom is 0.115 e. The molecule has 0 spiro atoms. The second-order valence-electron chi connectivity index (χ2n) is 2.19. The number of rotatable bonds is 2. The minimum Gasteiger partial charge on any atom is -0.508 e. The lowest BCUT2D eigenvalue weighted by molar-refractivity contribution is 0.475. The Morgan fingerprint density at radius 3 is 2.36 bits per heavy atom. The van der Waals surface area contributed by atoms with Crippen molar-refractivity contribution in [3.05, 3.63) is 29.8 Å². The van der Waals surface area contributed by atoms with E-state index in [1.165, 1.54) is 0 Å². The number of aromatic hydroxyl groups is 1. The first-order valence-electron chi connectivity index (χ1n) is 3.09. The SMILES string of the molecule is N[S@](=O)Cc1ccc(O)cc1. The molecule has 1 aromatic carbocycles. The van der Waals surface area contributed by atoms with Crippen LogP contribution in [-0.4, -0.2) is 9.32 Å². The summed E-state index contributed by atoms with van der Waals surface area (Å²) in [6, 6.07) is 6.48. The Morgan fingerprint density at radius 1 is 1.36 bits per heavy atom. The van der Waals surface area contributed by atoms with Crippen LogP contribution in [0.5, 0.6) is 5.75 Å². The van der Waals surface area contributed by atoms with E-state index in [1.54, 1.807) is 24.3 Å². The molecule has 0 fully saturated rings. The van der Waals surface area contributed by atoms with E-state index in [0.29, 0.717) is 5.75 Å². The molecule has 11 heavy (non-hydrogen) atoms. The van der Waals surface area contributed by atoms with Crippen LogP contribution in [-0.2, 0) is 16.7 Å². The van der Waals surface area contributed by atoms with Crippen LogP contribution in [0.2, 0.25) is 0 Å². The zero-order valence-electron chi connectivity index (χ0n) is 5.86. The molecule has 1 rings (SSSR count). The summed E-state index contributed by atoms with van der Waals surface area (Å²) < 4.78 is 10.5. The normalized spacial score (nSPS) is 12.8. The van der Waals surface area contributed by atoms with Gasteiger partial charge >= 0.3 is 0 Å². The first-order chi connectivity index (χ1) is 5.18. The minimum absolute atomic E-state index is 0.205. The van der Waals surface area contributed by atoms with Crippen LogP contribution >= 0.6 is 0 Å². The fourth-order valence-electron chi connectivity index (χ4n) is 0.756. The molecule has 3 N–H and O–H groups in total. The third kappa shape index (κ3) is 2.69. The van der Waals surface area contributed by atoms with Gasteiger partial charge in [-0.3, -0.25) is 5.14 Å². The van der Waals surface area contributed by atoms with Crippen LogP contribution in [0.3, 0.4) is 0 Å². The predicted molar refractivity (Wildman–Crippen MR) is 44.1 cm³/mol. The maximum absolute atomic E-state index is 10.5. The summed E-state index contributed by atoms with van der Waals surface area (Å²) in [5.74, 6) is 0.539. The molecular formula is C7H9NO2S. The number of phenolic OH excluding ortho intramolecular Hbond substituents is 1. The molecule has 0 saturated carbocycles. The van der Waals surface area contributed by atoms with E-state index in [2.05, 4.69) is 0 Å². The first-order valence-corrected chi connectivity index (χ1v) is 4.47. The van der Waals surface area contributed by atoms with Gasteiger partial charge in [-0.1, -0.05) is 12.1 Å². The van der Waals surface area contributed by atoms with E-state index in [9.17, 15) is 4.21 Å². The van der Waals surface area contributed by atoms with E-state index >= 15 is 0 Å². The van der Waals surface area contributed by atoms with Gasteiger partial charge in [-0.25, -0.2) is 4.21 Å². The van der Waals surface area contributed by atoms with Crippen molar-refractivity contribution in [2.24, 2.45) is 5.14 Å². The van der Waals surface area contributed by atoms with Crippen molar-refractivity contribution in [3.8, 4) is 5.75 Å². The summed E-state index contributed by atoms with van der Waals surface area (Å²) in [7, 11) is -1.30. The van der Waals surface area contributed by atoms with Gasteiger partial charge < -0.3 is 5.11 Å². The quantitative estimate of drug-likeness (QED) is 0.681. The Hall–Kier alpha value is -0.870. The standard InChI is InChI=1S/C7H9NO2S/c8-11(10)5-6-1-3-7(9)4-2-6/h1-4,9H,5,8H2/t11-/m1/s1. The van der Waals surface area contributed by atoms with Crippen LogP contribution in [0.25, 0.3) is 0 Å². The van der Waals surface area contributed by atoms with Gasteiger partial charge in [0.2, 0.25) is 0 Å². The third-order valence-corrected chi connectivity index (χ3v) is 1.86. The lowest BCUT2D eigenvalue weighted by Gasteiger charge is -1.96. The lowest BCUT2D eigenvalue weighted by Crippen LogP contribution is -2.04. The lowest BCUT2D eigenvalue weighted by atomic mass is 10.2. The number of benzene rings is 1. The average Bonchev–Trinajstić information content (AvgIpc) is 1.93. The highest BCUT2D eigenvalue weighted by molar-refractivity contribution is 7.81. The molecule has 0 heterocycles. The fourth-order valence-corrected chi connectivity index (χ4v) is 1.28. The molecular weight excluding hydrogens is 162 g/mol. The molecule has 3 nitrogen and oxygen atoms in total. The second-order valence-corrected chi connectivity index (χ2v) is 3.24. The van der Waals surface area contributed by atoms with Gasteiger partial charge in [0, 0.05) is 0 Å². The molecule has 0 aliphatic carbocycles. The van der Waals surface area contributed by atoms with Crippen molar-refractivity contribution >= 4 is 11.0 Å². The summed E-state index contributed by atoms with van der Waals surface area (Å²) >= 11 is 0. The maximum atomic E-state index is 10.5. The van der Waals surface area contributed by atoms with Crippen molar-refractivity contribution in [3.63, 3.8) is 0 Å². The van der Waals surface area contributed by atoms with Gasteiger partial charge in [-0.15, -0.1) is 0 Å². The van der Waals surface area contributed by atoms with Crippen molar-refractivity contribution in [1.29, 1.82) is 0 Å². The number of phenols is 1. The first kappa shape index (κ1) is 8.23. The molecule has 0 saturated heterocycles. The Balaban J connectivity index is 2.74. The molecule has 1 aromatic rings. The van der Waals surface area contributed by atoms with E-state index in [4.69, 9.17) is 10.2 Å². The largest absolute Gasteiger partial charge is 0.508 e. The number of nitrogens with two attached hydrogens (primary N) is 1. The summed E-state index contributed by atoms with van der Waals surface area (Å²) in [5.41, 5.74) is 0.864. The molecule has 1 atom stereocenters. The zero-order chi connectivity index (χ0) is 8.27. The summed E-state index contributed by atoms with van der Waals surface area (Å²) in [4.78, 5) is 0. The molecule has 0 aliphatic rings. The predicted octanol–water partition coefficient (Wildman–Crippen LogP) is 0.515. The highest BCUT2D eigenvalue weighted by Crippen LogP contribution is 2.09. The van der Waals surface area contributed by atoms with Crippen molar-refractivity contribution in [1.82, 2.24) is 0 Å². The van der Waals surface area contributed by atoms with Gasteiger partial charge in [0.1, 0.15) is 5.75 Å². The van der Waals surface area contributed by atoms with Crippen molar-refractivity contribution in [2.75, 3.05) is 0 Å². The molecule has 60 valence electrons. The number of hydrogen-bond donors (Lipinski definition) is 2. The van der Waals surface area contributed by atoms with Crippen LogP contribution in [0, 0.1) is 0 Å². The highest BCUT2D eigenvalue weighted by atomic mass is 32.2. The number of hydrogen-bond acceptors (Lipinski definition) is 2. The molecule has 0 amide bonds. The molecule has 0 bridgehead atoms. The van der Waals surface area contributed by atoms with E-state index < -0.39 is 11.0 Å². The van der Waals surface area contributed by atoms with Crippen LogP contribution in [0.1, 0.15) is 5.56 Å². The third-order valence-electron chi connectivity index (χ3n) is 1.25. The summed E-state index contributed by atoms with van der Waals surface area (Å²) in [6.45, 7) is 0. The molecule has 0 radical (unpaired) electrons. The van der Waals surface area contributed by atoms with Gasteiger partial charge in [0.05, 0.1) is 16.7 Å². The Kier molecular flexibility index (Phi) is 2.62. The minimum atomic E-state index is -1.30. The van der Waals surface area contributed by atoms with Crippen molar-refractivity contribution in [2.45, 2.75) is 5.75 Å². The van der Waals surface area contributed by atoms with Gasteiger partial charge in [0.15, 0.2) is 0 Å². The van der Waals surface area contributed by atoms with Crippen molar-refractivity contribution < 1.29 is 9.32 Å². The molecule has 0 unspecified atom stereocenters. The average molecular weight is 171 g/mol. The monoisotopic (exact) mass is 171 g/mol. The Bertz CT molecular complexity index is 258. The van der Waals surface area contributed by atoms with Gasteiger partial charge in [-0.05, 0) is 17.7 Å². The van der Waals surface area contributed by atoms with Gasteiger partial charge in [0.25, 0.3) is 0 Å². The van der Waals surface area contributed by atoms with E-state index in [0.717, 1.165) is 5.56 Å². The molecule has 4 heteroatoms. The summed E-state index contributed by atoms with van der Waals surface area (Å²) in [6.07, 6.45) is 0. The highest BCUT2D eigenvalue weighted by Gasteiger charge is 1.95. The van der Waals surface area contributed by atoms with Crippen LogP contribution in [0.4, 0.5) is 0 Å².